The number of pyridine rings is 1. The lowest BCUT2D eigenvalue weighted by Gasteiger charge is -2.16. The smallest absolute Gasteiger partial charge is 0.282 e. The molecule has 5 aromatic rings. The second kappa shape index (κ2) is 12.7. The van der Waals surface area contributed by atoms with Gasteiger partial charge in [-0.15, -0.1) is 0 Å². The van der Waals surface area contributed by atoms with Crippen LogP contribution in [0.3, 0.4) is 0 Å². The summed E-state index contributed by atoms with van der Waals surface area (Å²) in [5, 5.41) is 24.3. The van der Waals surface area contributed by atoms with Crippen LogP contribution >= 0.6 is 0 Å². The largest absolute Gasteiger partial charge is 0.453 e. The molecule has 1 atom stereocenters. The number of ether oxygens (including phenoxy) is 2. The number of H-pyrrole nitrogens is 1. The van der Waals surface area contributed by atoms with Crippen molar-refractivity contribution < 1.29 is 28.2 Å². The van der Waals surface area contributed by atoms with Crippen molar-refractivity contribution in [2.45, 2.75) is 18.9 Å². The quantitative estimate of drug-likeness (QED) is 0.189. The lowest BCUT2D eigenvalue weighted by molar-refractivity contribution is 0.0991. The fourth-order valence-corrected chi connectivity index (χ4v) is 4.30. The lowest BCUT2D eigenvalue weighted by Crippen LogP contribution is -2.27. The van der Waals surface area contributed by atoms with Crippen molar-refractivity contribution in [2.75, 3.05) is 25.6 Å². The molecule has 3 heterocycles. The van der Waals surface area contributed by atoms with Gasteiger partial charge in [0.15, 0.2) is 28.8 Å². The van der Waals surface area contributed by atoms with Crippen LogP contribution in [0.15, 0.2) is 71.8 Å². The third-order valence-electron chi connectivity index (χ3n) is 6.45. The summed E-state index contributed by atoms with van der Waals surface area (Å²) in [6, 6.07) is 11.7. The van der Waals surface area contributed by atoms with Gasteiger partial charge in [-0.05, 0) is 54.4 Å². The summed E-state index contributed by atoms with van der Waals surface area (Å²) in [6.45, 7) is 0.260. The summed E-state index contributed by atoms with van der Waals surface area (Å²) in [6.07, 6.45) is 3.04. The molecular formula is C29H26F2N6O5. The van der Waals surface area contributed by atoms with Gasteiger partial charge < -0.3 is 19.9 Å². The Kier molecular flexibility index (Phi) is 8.60. The van der Waals surface area contributed by atoms with E-state index in [1.165, 1.54) is 54.9 Å². The Balaban J connectivity index is 1.34. The van der Waals surface area contributed by atoms with Gasteiger partial charge >= 0.3 is 0 Å². The van der Waals surface area contributed by atoms with Crippen LogP contribution in [-0.4, -0.2) is 62.2 Å². The Morgan fingerprint density at radius 3 is 2.64 bits per heavy atom. The molecule has 0 fully saturated rings. The number of benzene rings is 2. The minimum atomic E-state index is -0.727. The number of Topliss-reactive ketones (excluding diaryl/α,β-unsaturated/α-hetero) is 1. The molecule has 0 saturated carbocycles. The van der Waals surface area contributed by atoms with Gasteiger partial charge in [-0.2, -0.15) is 14.9 Å². The van der Waals surface area contributed by atoms with E-state index in [2.05, 4.69) is 25.6 Å². The van der Waals surface area contributed by atoms with Gasteiger partial charge in [0.1, 0.15) is 17.0 Å². The number of aromatic amines is 1. The molecule has 11 nitrogen and oxygen atoms in total. The van der Waals surface area contributed by atoms with Gasteiger partial charge in [0.25, 0.3) is 5.56 Å². The molecule has 2 aromatic carbocycles. The van der Waals surface area contributed by atoms with E-state index >= 15 is 4.39 Å². The fraction of sp³-hybridized carbons (Fsp3) is 0.207. The van der Waals surface area contributed by atoms with Crippen LogP contribution in [-0.2, 0) is 11.2 Å². The minimum Gasteiger partial charge on any atom is -0.453 e. The number of methoxy groups -OCH3 is 1. The maximum atomic E-state index is 15.2. The number of aliphatic hydroxyl groups is 1. The topological polar surface area (TPSA) is 144 Å². The van der Waals surface area contributed by atoms with Crippen molar-refractivity contribution in [1.82, 2.24) is 25.0 Å². The molecule has 0 aliphatic rings. The number of aliphatic hydroxyl groups excluding tert-OH is 1. The van der Waals surface area contributed by atoms with Crippen molar-refractivity contribution >= 4 is 22.6 Å². The van der Waals surface area contributed by atoms with Crippen LogP contribution in [0.25, 0.3) is 16.7 Å². The zero-order chi connectivity index (χ0) is 29.6. The number of halogens is 2. The predicted molar refractivity (Wildman–Crippen MR) is 149 cm³/mol. The van der Waals surface area contributed by atoms with Gasteiger partial charge in [-0.3, -0.25) is 14.7 Å². The van der Waals surface area contributed by atoms with E-state index in [0.29, 0.717) is 41.1 Å². The Morgan fingerprint density at radius 2 is 1.90 bits per heavy atom. The van der Waals surface area contributed by atoms with E-state index < -0.39 is 23.0 Å². The average molecular weight is 577 g/mol. The molecular weight excluding hydrogens is 550 g/mol. The number of aromatic nitrogens is 5. The molecule has 0 amide bonds. The number of hydrogen-bond donors (Lipinski definition) is 3. The maximum Gasteiger partial charge on any atom is 0.282 e. The average Bonchev–Trinajstić information content (AvgIpc) is 3.40. The molecule has 216 valence electrons. The number of anilines is 1. The van der Waals surface area contributed by atoms with Crippen LogP contribution < -0.4 is 15.6 Å². The van der Waals surface area contributed by atoms with E-state index in [1.807, 2.05) is 0 Å². The molecule has 0 bridgehead atoms. The first-order valence-electron chi connectivity index (χ1n) is 12.9. The first-order chi connectivity index (χ1) is 20.4. The number of rotatable bonds is 12. The highest BCUT2D eigenvalue weighted by Gasteiger charge is 2.19. The van der Waals surface area contributed by atoms with Crippen molar-refractivity contribution in [3.63, 3.8) is 0 Å². The molecule has 42 heavy (non-hydrogen) atoms. The van der Waals surface area contributed by atoms with Crippen LogP contribution in [0.4, 0.5) is 14.6 Å². The van der Waals surface area contributed by atoms with E-state index in [-0.39, 0.29) is 36.1 Å². The van der Waals surface area contributed by atoms with E-state index in [1.54, 1.807) is 13.2 Å². The van der Waals surface area contributed by atoms with Gasteiger partial charge in [0.2, 0.25) is 0 Å². The molecule has 1 unspecified atom stereocenters. The summed E-state index contributed by atoms with van der Waals surface area (Å²) in [4.78, 5) is 30.1. The Bertz CT molecular complexity index is 1770. The summed E-state index contributed by atoms with van der Waals surface area (Å²) in [7, 11) is 1.56. The number of nitrogens with one attached hydrogen (secondary N) is 2. The molecule has 13 heteroatoms. The highest BCUT2D eigenvalue weighted by atomic mass is 19.1. The van der Waals surface area contributed by atoms with Crippen molar-refractivity contribution in [1.29, 1.82) is 0 Å². The second-order valence-electron chi connectivity index (χ2n) is 9.32. The van der Waals surface area contributed by atoms with Gasteiger partial charge in [-0.25, -0.2) is 13.8 Å². The predicted octanol–water partition coefficient (Wildman–Crippen LogP) is 3.81. The van der Waals surface area contributed by atoms with Gasteiger partial charge in [-0.1, -0.05) is 6.07 Å². The number of ketones is 1. The highest BCUT2D eigenvalue weighted by Crippen LogP contribution is 2.34. The minimum absolute atomic E-state index is 0.105. The highest BCUT2D eigenvalue weighted by molar-refractivity contribution is 5.97. The van der Waals surface area contributed by atoms with Crippen LogP contribution in [0.1, 0.15) is 22.3 Å². The Labute approximate surface area is 237 Å². The SMILES string of the molecule is COCCC(CO)Nc1n[nH]c2nccc(Oc3ccc(CC(=O)c4ccnn(-c5ccc(F)cc5)c4=O)cc3F)c12. The first kappa shape index (κ1) is 28.5. The molecule has 0 aliphatic heterocycles. The number of fused-ring (bicyclic) bond motifs is 1. The summed E-state index contributed by atoms with van der Waals surface area (Å²) in [5.41, 5.74) is 0.201. The van der Waals surface area contributed by atoms with E-state index in [0.717, 1.165) is 10.7 Å². The molecule has 5 rings (SSSR count). The van der Waals surface area contributed by atoms with Crippen molar-refractivity contribution in [2.24, 2.45) is 0 Å². The molecule has 0 saturated heterocycles. The zero-order valence-electron chi connectivity index (χ0n) is 22.4. The number of carbonyl (C=O) groups excluding carboxylic acids is 1. The Morgan fingerprint density at radius 1 is 1.10 bits per heavy atom. The number of nitrogens with zero attached hydrogens (tertiary/aromatic N) is 4. The number of hydrogen-bond acceptors (Lipinski definition) is 9. The fourth-order valence-electron chi connectivity index (χ4n) is 4.30. The third kappa shape index (κ3) is 6.16. The Hall–Kier alpha value is -5.01. The molecule has 0 aliphatic carbocycles. The molecule has 0 spiro atoms. The third-order valence-corrected chi connectivity index (χ3v) is 6.45. The van der Waals surface area contributed by atoms with Crippen LogP contribution in [0.2, 0.25) is 0 Å². The standard InChI is InChI=1S/C29H26F2N6O5/c1-41-13-10-19(16-38)34-28-26-25(9-11-32-27(26)35-36-28)42-24-7-2-17(14-22(24)31)15-23(39)21-8-12-33-37(29(21)40)20-5-3-18(30)4-6-20/h2-9,11-12,14,19,38H,10,13,15-16H2,1H3,(H2,32,34,35,36). The summed E-state index contributed by atoms with van der Waals surface area (Å²) >= 11 is 0. The maximum absolute atomic E-state index is 15.2. The van der Waals surface area contributed by atoms with Crippen molar-refractivity contribution in [3.05, 3.63) is 100 Å². The number of carbonyl (C=O) groups is 1. The van der Waals surface area contributed by atoms with Gasteiger partial charge in [0, 0.05) is 38.6 Å². The zero-order valence-corrected chi connectivity index (χ0v) is 22.4. The monoisotopic (exact) mass is 576 g/mol. The second-order valence-corrected chi connectivity index (χ2v) is 9.32. The van der Waals surface area contributed by atoms with Crippen molar-refractivity contribution in [3.8, 4) is 17.2 Å². The lowest BCUT2D eigenvalue weighted by atomic mass is 10.0. The summed E-state index contributed by atoms with van der Waals surface area (Å²) < 4.78 is 40.4. The van der Waals surface area contributed by atoms with E-state index in [4.69, 9.17) is 9.47 Å². The molecule has 3 N–H and O–H groups in total. The van der Waals surface area contributed by atoms with Crippen LogP contribution in [0.5, 0.6) is 11.5 Å². The summed E-state index contributed by atoms with van der Waals surface area (Å²) in [5.74, 6) is -1.21. The normalized spacial score (nSPS) is 11.9. The van der Waals surface area contributed by atoms with Gasteiger partial charge in [0.05, 0.1) is 23.9 Å². The van der Waals surface area contributed by atoms with E-state index in [9.17, 15) is 19.1 Å². The molecule has 0 radical (unpaired) electrons. The first-order valence-corrected chi connectivity index (χ1v) is 12.9. The molecule has 3 aromatic heterocycles. The van der Waals surface area contributed by atoms with Crippen LogP contribution in [0, 0.1) is 11.6 Å².